The van der Waals surface area contributed by atoms with Crippen LogP contribution in [0, 0.1) is 0 Å². The molecule has 0 bridgehead atoms. The summed E-state index contributed by atoms with van der Waals surface area (Å²) in [4.78, 5) is 8.60. The van der Waals surface area contributed by atoms with E-state index in [2.05, 4.69) is 34.2 Å². The molecule has 0 saturated carbocycles. The van der Waals surface area contributed by atoms with Crippen LogP contribution in [-0.2, 0) is 12.8 Å². The molecule has 0 amide bonds. The normalized spacial score (nSPS) is 15.1. The SMILES string of the molecule is Clc1ccnc(C2Cc3ccccc3C2)n1. The lowest BCUT2D eigenvalue weighted by molar-refractivity contribution is 0.682. The molecule has 2 aromatic rings. The Morgan fingerprint density at radius 1 is 1.06 bits per heavy atom. The highest BCUT2D eigenvalue weighted by molar-refractivity contribution is 6.29. The highest BCUT2D eigenvalue weighted by Crippen LogP contribution is 2.32. The quantitative estimate of drug-likeness (QED) is 0.704. The number of rotatable bonds is 1. The van der Waals surface area contributed by atoms with Crippen LogP contribution in [0.1, 0.15) is 22.9 Å². The van der Waals surface area contributed by atoms with Gasteiger partial charge in [0.25, 0.3) is 0 Å². The van der Waals surface area contributed by atoms with Crippen molar-refractivity contribution in [1.29, 1.82) is 0 Å². The number of fused-ring (bicyclic) bond motifs is 1. The van der Waals surface area contributed by atoms with Gasteiger partial charge in [0, 0.05) is 12.1 Å². The Balaban J connectivity index is 1.91. The van der Waals surface area contributed by atoms with Gasteiger partial charge in [-0.05, 0) is 30.0 Å². The zero-order valence-corrected chi connectivity index (χ0v) is 9.48. The molecule has 1 aliphatic rings. The molecule has 80 valence electrons. The lowest BCUT2D eigenvalue weighted by atomic mass is 10.1. The summed E-state index contributed by atoms with van der Waals surface area (Å²) in [7, 11) is 0. The molecule has 0 N–H and O–H groups in total. The van der Waals surface area contributed by atoms with Gasteiger partial charge in [-0.1, -0.05) is 35.9 Å². The van der Waals surface area contributed by atoms with Gasteiger partial charge in [-0.25, -0.2) is 9.97 Å². The van der Waals surface area contributed by atoms with Gasteiger partial charge < -0.3 is 0 Å². The number of hydrogen-bond donors (Lipinski definition) is 0. The summed E-state index contributed by atoms with van der Waals surface area (Å²) >= 11 is 5.88. The Morgan fingerprint density at radius 2 is 1.75 bits per heavy atom. The third-order valence-electron chi connectivity index (χ3n) is 3.06. The largest absolute Gasteiger partial charge is 0.241 e. The van der Waals surface area contributed by atoms with Gasteiger partial charge in [-0.2, -0.15) is 0 Å². The first-order valence-corrected chi connectivity index (χ1v) is 5.76. The van der Waals surface area contributed by atoms with Crippen LogP contribution in [0.25, 0.3) is 0 Å². The average Bonchev–Trinajstić information content (AvgIpc) is 2.72. The zero-order valence-electron chi connectivity index (χ0n) is 8.73. The molecule has 2 nitrogen and oxygen atoms in total. The molecule has 1 aromatic heterocycles. The summed E-state index contributed by atoms with van der Waals surface area (Å²) in [6.45, 7) is 0. The molecule has 0 aliphatic heterocycles. The molecule has 16 heavy (non-hydrogen) atoms. The fourth-order valence-electron chi connectivity index (χ4n) is 2.29. The second kappa shape index (κ2) is 3.87. The highest BCUT2D eigenvalue weighted by Gasteiger charge is 2.24. The van der Waals surface area contributed by atoms with Crippen molar-refractivity contribution in [3.8, 4) is 0 Å². The van der Waals surface area contributed by atoms with Crippen molar-refractivity contribution in [2.45, 2.75) is 18.8 Å². The van der Waals surface area contributed by atoms with Crippen molar-refractivity contribution in [1.82, 2.24) is 9.97 Å². The van der Waals surface area contributed by atoms with Gasteiger partial charge in [-0.15, -0.1) is 0 Å². The van der Waals surface area contributed by atoms with Gasteiger partial charge >= 0.3 is 0 Å². The molecule has 0 fully saturated rings. The third-order valence-corrected chi connectivity index (χ3v) is 3.27. The van der Waals surface area contributed by atoms with Crippen molar-refractivity contribution < 1.29 is 0 Å². The van der Waals surface area contributed by atoms with E-state index in [9.17, 15) is 0 Å². The van der Waals surface area contributed by atoms with Crippen molar-refractivity contribution in [2.24, 2.45) is 0 Å². The first kappa shape index (κ1) is 9.79. The van der Waals surface area contributed by atoms with Crippen LogP contribution >= 0.6 is 11.6 Å². The van der Waals surface area contributed by atoms with Crippen molar-refractivity contribution in [3.05, 3.63) is 58.6 Å². The van der Waals surface area contributed by atoms with E-state index in [1.54, 1.807) is 12.3 Å². The highest BCUT2D eigenvalue weighted by atomic mass is 35.5. The molecule has 1 aromatic carbocycles. The van der Waals surface area contributed by atoms with Gasteiger partial charge in [-0.3, -0.25) is 0 Å². The molecule has 0 unspecified atom stereocenters. The molecule has 0 radical (unpaired) electrons. The molecular weight excluding hydrogens is 220 g/mol. The Morgan fingerprint density at radius 3 is 2.38 bits per heavy atom. The van der Waals surface area contributed by atoms with Crippen LogP contribution in [0.2, 0.25) is 5.15 Å². The van der Waals surface area contributed by atoms with Crippen LogP contribution in [0.15, 0.2) is 36.5 Å². The van der Waals surface area contributed by atoms with Gasteiger partial charge in [0.05, 0.1) is 0 Å². The lowest BCUT2D eigenvalue weighted by Crippen LogP contribution is -2.03. The Bertz CT molecular complexity index is 500. The van der Waals surface area contributed by atoms with E-state index in [0.29, 0.717) is 11.1 Å². The van der Waals surface area contributed by atoms with Crippen molar-refractivity contribution in [2.75, 3.05) is 0 Å². The van der Waals surface area contributed by atoms with Crippen LogP contribution < -0.4 is 0 Å². The molecule has 1 aliphatic carbocycles. The van der Waals surface area contributed by atoms with E-state index in [0.717, 1.165) is 18.7 Å². The van der Waals surface area contributed by atoms with E-state index in [4.69, 9.17) is 11.6 Å². The number of nitrogens with zero attached hydrogens (tertiary/aromatic N) is 2. The Kier molecular flexibility index (Phi) is 2.37. The summed E-state index contributed by atoms with van der Waals surface area (Å²) in [5.41, 5.74) is 2.83. The van der Waals surface area contributed by atoms with Gasteiger partial charge in [0.1, 0.15) is 11.0 Å². The van der Waals surface area contributed by atoms with Gasteiger partial charge in [0.2, 0.25) is 0 Å². The summed E-state index contributed by atoms with van der Waals surface area (Å²) < 4.78 is 0. The average molecular weight is 231 g/mol. The topological polar surface area (TPSA) is 25.8 Å². The molecule has 0 atom stereocenters. The van der Waals surface area contributed by atoms with Crippen LogP contribution in [0.3, 0.4) is 0 Å². The van der Waals surface area contributed by atoms with E-state index >= 15 is 0 Å². The Hall–Kier alpha value is -1.41. The Labute approximate surface area is 99.3 Å². The second-order valence-corrected chi connectivity index (χ2v) is 4.50. The fourth-order valence-corrected chi connectivity index (χ4v) is 2.43. The predicted molar refractivity (Wildman–Crippen MR) is 63.6 cm³/mol. The molecule has 0 spiro atoms. The number of benzene rings is 1. The smallest absolute Gasteiger partial charge is 0.133 e. The molecule has 3 rings (SSSR count). The molecule has 0 saturated heterocycles. The maximum atomic E-state index is 5.88. The number of aromatic nitrogens is 2. The summed E-state index contributed by atoms with van der Waals surface area (Å²) in [5, 5.41) is 0.529. The summed E-state index contributed by atoms with van der Waals surface area (Å²) in [6, 6.07) is 10.2. The zero-order chi connectivity index (χ0) is 11.0. The standard InChI is InChI=1S/C13H11ClN2/c14-12-5-6-15-13(16-12)11-7-9-3-1-2-4-10(9)8-11/h1-6,11H,7-8H2. The predicted octanol–water partition coefficient (Wildman–Crippen LogP) is 3.01. The minimum Gasteiger partial charge on any atom is -0.241 e. The van der Waals surface area contributed by atoms with E-state index in [-0.39, 0.29) is 0 Å². The van der Waals surface area contributed by atoms with Crippen LogP contribution in [-0.4, -0.2) is 9.97 Å². The minimum absolute atomic E-state index is 0.385. The second-order valence-electron chi connectivity index (χ2n) is 4.11. The van der Waals surface area contributed by atoms with Crippen LogP contribution in [0.4, 0.5) is 0 Å². The van der Waals surface area contributed by atoms with E-state index < -0.39 is 0 Å². The summed E-state index contributed by atoms with van der Waals surface area (Å²) in [5.74, 6) is 1.25. The maximum Gasteiger partial charge on any atom is 0.133 e. The molecule has 3 heteroatoms. The molecule has 1 heterocycles. The van der Waals surface area contributed by atoms with Crippen molar-refractivity contribution in [3.63, 3.8) is 0 Å². The number of hydrogen-bond acceptors (Lipinski definition) is 2. The maximum absolute atomic E-state index is 5.88. The fraction of sp³-hybridized carbons (Fsp3) is 0.231. The minimum atomic E-state index is 0.385. The first-order valence-electron chi connectivity index (χ1n) is 5.38. The first-order chi connectivity index (χ1) is 7.83. The molecular formula is C13H11ClN2. The van der Waals surface area contributed by atoms with Crippen LogP contribution in [0.5, 0.6) is 0 Å². The van der Waals surface area contributed by atoms with Crippen molar-refractivity contribution >= 4 is 11.6 Å². The monoisotopic (exact) mass is 230 g/mol. The third kappa shape index (κ3) is 1.69. The number of halogens is 1. The lowest BCUT2D eigenvalue weighted by Gasteiger charge is -2.06. The van der Waals surface area contributed by atoms with Gasteiger partial charge in [0.15, 0.2) is 0 Å². The van der Waals surface area contributed by atoms with E-state index in [1.165, 1.54) is 11.1 Å². The summed E-state index contributed by atoms with van der Waals surface area (Å²) in [6.07, 6.45) is 3.78. The van der Waals surface area contributed by atoms with E-state index in [1.807, 2.05) is 0 Å².